The topological polar surface area (TPSA) is 50.9 Å². The number of imidazole rings is 1. The second-order valence-corrected chi connectivity index (χ2v) is 17.7. The summed E-state index contributed by atoms with van der Waals surface area (Å²) in [6.07, 6.45) is 1.23. The number of para-hydroxylation sites is 1. The Bertz CT molecular complexity index is 4450. The van der Waals surface area contributed by atoms with Crippen molar-refractivity contribution in [3.63, 3.8) is 0 Å². The number of aromatic hydroxyl groups is 1. The van der Waals surface area contributed by atoms with E-state index >= 15 is 0 Å². The number of benzene rings is 7. The zero-order valence-corrected chi connectivity index (χ0v) is 39.7. The molecule has 1 N–H and O–H groups in total. The van der Waals surface area contributed by atoms with Gasteiger partial charge in [0.25, 0.3) is 0 Å². The molecule has 9 rings (SSSR count). The summed E-state index contributed by atoms with van der Waals surface area (Å²) in [7, 11) is 0. The Balaban J connectivity index is 0.0000127. The summed E-state index contributed by atoms with van der Waals surface area (Å²) in [6, 6.07) is 33.2. The van der Waals surface area contributed by atoms with Crippen LogP contribution in [0.2, 0.25) is 0 Å². The number of pyridine rings is 1. The molecule has 7 aromatic carbocycles. The van der Waals surface area contributed by atoms with Gasteiger partial charge in [-0.1, -0.05) is 214 Å². The van der Waals surface area contributed by atoms with E-state index in [1.54, 1.807) is 91.0 Å². The molecule has 2 heterocycles. The number of nitrogens with zero attached hydrogens (tertiary/aromatic N) is 3. The number of phenolic OH excluding ortho intramolecular Hbond substituents is 1. The summed E-state index contributed by atoms with van der Waals surface area (Å²) in [5.41, 5.74) is -15.4. The SMILES string of the molecule is [2H]c1c([2H])c(C(C([2H])([2H])[2H])(C([2H])([2H])[2H])C([2H])([2H])[2H])c([2H])c([2H])c1-c1ccnc(-c2[c-]c(-c3cccc4c3nc(-c3cc(C(C([2H])([2H])[2H])(C([2H])([2H])[2H])C([2H])([2H])[2H])cc(C(C([2H])([2H])[2H])(C([2H])([2H])[2H])C([2H])([2H])[2H])c3O)n4-c3ccc(-c4ccccc4)cc3C(C)(C)C)cc(-c3ccccc3)c2)c1.[Pt]. The molecule has 2 aromatic heterocycles. The summed E-state index contributed by atoms with van der Waals surface area (Å²) < 4.78 is 271. The van der Waals surface area contributed by atoms with E-state index in [1.807, 2.05) is 39.0 Å². The maximum atomic E-state index is 13.2. The van der Waals surface area contributed by atoms with Gasteiger partial charge in [0.05, 0.1) is 27.8 Å². The van der Waals surface area contributed by atoms with Crippen molar-refractivity contribution in [2.75, 3.05) is 0 Å². The van der Waals surface area contributed by atoms with Gasteiger partial charge in [0.1, 0.15) is 11.6 Å². The number of hydrogen-bond donors (Lipinski definition) is 1. The fourth-order valence-corrected chi connectivity index (χ4v) is 8.22. The molecule has 69 heavy (non-hydrogen) atoms. The Labute approximate surface area is 468 Å². The monoisotopic (exact) mass is 1120 g/mol. The molecule has 0 radical (unpaired) electrons. The first kappa shape index (κ1) is 23.5. The van der Waals surface area contributed by atoms with Gasteiger partial charge in [-0.3, -0.25) is 9.55 Å². The molecule has 0 saturated heterocycles. The van der Waals surface area contributed by atoms with Gasteiger partial charge < -0.3 is 5.11 Å². The fraction of sp³-hybridized carbons (Fsp3) is 0.250. The maximum Gasteiger partial charge on any atom is 0.148 e. The predicted molar refractivity (Wildman–Crippen MR) is 287 cm³/mol. The summed E-state index contributed by atoms with van der Waals surface area (Å²) in [5.74, 6) is -2.06. The normalized spacial score (nSPS) is 20.5. The Kier molecular flexibility index (Phi) is 6.31. The quantitative estimate of drug-likeness (QED) is 0.162. The average Bonchev–Trinajstić information content (AvgIpc) is 0.863. The van der Waals surface area contributed by atoms with Crippen LogP contribution in [0.5, 0.6) is 5.75 Å². The van der Waals surface area contributed by atoms with Crippen LogP contribution in [0.15, 0.2) is 164 Å². The van der Waals surface area contributed by atoms with Crippen LogP contribution in [-0.4, -0.2) is 19.6 Å². The number of fused-ring (bicyclic) bond motifs is 1. The molecule has 0 aliphatic heterocycles. The number of phenols is 1. The summed E-state index contributed by atoms with van der Waals surface area (Å²) >= 11 is 0. The third-order valence-corrected chi connectivity index (χ3v) is 11.6. The first-order valence-electron chi connectivity index (χ1n) is 36.9. The molecule has 0 amide bonds. The fourth-order valence-electron chi connectivity index (χ4n) is 8.22. The average molecular weight is 1120 g/mol. The first-order valence-corrected chi connectivity index (χ1v) is 21.4. The molecule has 0 fully saturated rings. The molecular weight excluding hydrogens is 1020 g/mol. The van der Waals surface area contributed by atoms with Crippen molar-refractivity contribution in [2.45, 2.75) is 104 Å². The smallest absolute Gasteiger partial charge is 0.148 e. The van der Waals surface area contributed by atoms with E-state index in [2.05, 4.69) is 11.1 Å². The summed E-state index contributed by atoms with van der Waals surface area (Å²) in [6.45, 7) is -31.5. The van der Waals surface area contributed by atoms with Crippen LogP contribution in [0, 0.1) is 6.07 Å². The zero-order chi connectivity index (χ0) is 74.3. The van der Waals surface area contributed by atoms with Gasteiger partial charge in [0.2, 0.25) is 0 Å². The van der Waals surface area contributed by atoms with Crippen LogP contribution in [0.3, 0.4) is 0 Å². The maximum absolute atomic E-state index is 13.2. The van der Waals surface area contributed by atoms with Crippen molar-refractivity contribution in [1.29, 1.82) is 0 Å². The first-order chi connectivity index (χ1) is 45.1. The van der Waals surface area contributed by atoms with Crippen LogP contribution >= 0.6 is 0 Å². The molecule has 5 heteroatoms. The number of hydrogen-bond acceptors (Lipinski definition) is 3. The van der Waals surface area contributed by atoms with Gasteiger partial charge in [0, 0.05) is 75.5 Å². The predicted octanol–water partition coefficient (Wildman–Crippen LogP) is 17.1. The molecule has 0 atom stereocenters. The van der Waals surface area contributed by atoms with Gasteiger partial charge in [-0.05, 0) is 96.5 Å². The van der Waals surface area contributed by atoms with Crippen LogP contribution in [0.25, 0.3) is 83.9 Å². The molecule has 0 spiro atoms. The Morgan fingerprint density at radius 2 is 1.14 bits per heavy atom. The summed E-state index contributed by atoms with van der Waals surface area (Å²) in [4.78, 5) is 9.72. The molecule has 0 aliphatic carbocycles. The minimum atomic E-state index is -4.26. The molecule has 4 nitrogen and oxygen atoms in total. The third-order valence-electron chi connectivity index (χ3n) is 11.6. The van der Waals surface area contributed by atoms with Gasteiger partial charge in [-0.2, -0.15) is 0 Å². The van der Waals surface area contributed by atoms with Crippen molar-refractivity contribution in [1.82, 2.24) is 14.5 Å². The summed E-state index contributed by atoms with van der Waals surface area (Å²) in [5, 5.41) is 13.2. The van der Waals surface area contributed by atoms with E-state index in [1.165, 1.54) is 22.9 Å². The van der Waals surface area contributed by atoms with E-state index in [0.717, 1.165) is 5.56 Å². The van der Waals surface area contributed by atoms with Gasteiger partial charge >= 0.3 is 0 Å². The van der Waals surface area contributed by atoms with E-state index in [0.29, 0.717) is 28.3 Å². The Hall–Kier alpha value is -6.35. The number of rotatable bonds is 7. The van der Waals surface area contributed by atoms with Gasteiger partial charge in [-0.15, -0.1) is 23.8 Å². The van der Waals surface area contributed by atoms with Crippen LogP contribution < -0.4 is 0 Å². The number of aromatic nitrogens is 3. The second kappa shape index (κ2) is 18.5. The van der Waals surface area contributed by atoms with Crippen molar-refractivity contribution in [3.8, 4) is 78.6 Å². The molecule has 9 aromatic rings. The van der Waals surface area contributed by atoms with Crippen molar-refractivity contribution in [3.05, 3.63) is 192 Å². The van der Waals surface area contributed by atoms with E-state index < -0.39 is 147 Å². The minimum absolute atomic E-state index is 0. The Morgan fingerprint density at radius 3 is 1.80 bits per heavy atom. The molecule has 0 bridgehead atoms. The van der Waals surface area contributed by atoms with Gasteiger partial charge in [0.15, 0.2) is 0 Å². The molecule has 0 aliphatic rings. The zero-order valence-electron chi connectivity index (χ0n) is 68.4. The van der Waals surface area contributed by atoms with Gasteiger partial charge in [-0.25, -0.2) is 4.98 Å². The van der Waals surface area contributed by atoms with Crippen molar-refractivity contribution < 1.29 is 68.7 Å². The molecule has 352 valence electrons. The second-order valence-electron chi connectivity index (χ2n) is 17.7. The molecular formula is C64H64N3OPt-. The minimum Gasteiger partial charge on any atom is -0.507 e. The van der Waals surface area contributed by atoms with Crippen LogP contribution in [0.1, 0.15) is 147 Å². The van der Waals surface area contributed by atoms with Crippen molar-refractivity contribution >= 4 is 11.0 Å². The third kappa shape index (κ3) is 9.93. The molecule has 0 unspecified atom stereocenters. The van der Waals surface area contributed by atoms with Crippen molar-refractivity contribution in [2.24, 2.45) is 0 Å². The molecule has 0 saturated carbocycles. The van der Waals surface area contributed by atoms with E-state index in [4.69, 9.17) is 44.7 Å². The van der Waals surface area contributed by atoms with Crippen LogP contribution in [-0.2, 0) is 42.7 Å². The standard InChI is InChI=1S/C64H64N3O.Pt/c1-61(2,3)49-29-26-43(27-30-49)45-32-33-65-55(38-45)48-35-46(42-22-17-14-18-23-42)34-47(36-48)51-24-19-25-57-58(51)66-60(52-39-50(62(4,5)6)40-54(59(52)68)64(10,11)12)67(57)56-31-28-44(37-53(56)63(7,8)9)41-20-15-13-16-21-41;/h13-35,37-40,68H,1-12H3;/q-1;/i1D3,2D3,3D3,4D3,5D3,6D3,10D3,11D3,12D3,26D,27D,29D,30D;. The Morgan fingerprint density at radius 1 is 0.522 bits per heavy atom. The van der Waals surface area contributed by atoms with E-state index in [9.17, 15) is 7.85 Å². The van der Waals surface area contributed by atoms with Crippen LogP contribution in [0.4, 0.5) is 0 Å². The van der Waals surface area contributed by atoms with E-state index in [-0.39, 0.29) is 71.8 Å². The largest absolute Gasteiger partial charge is 0.507 e.